The second-order valence-electron chi connectivity index (χ2n) is 9.56. The van der Waals surface area contributed by atoms with E-state index in [1.54, 1.807) is 17.2 Å². The molecule has 0 saturated heterocycles. The van der Waals surface area contributed by atoms with Crippen LogP contribution in [-0.4, -0.2) is 30.1 Å². The lowest BCUT2D eigenvalue weighted by Gasteiger charge is -2.32. The molecule has 9 nitrogen and oxygen atoms in total. The van der Waals surface area contributed by atoms with Gasteiger partial charge in [-0.05, 0) is 71.7 Å². The molecule has 9 heteroatoms. The molecule has 0 amide bonds. The van der Waals surface area contributed by atoms with Crippen molar-refractivity contribution in [1.29, 1.82) is 0 Å². The molecule has 4 aromatic heterocycles. The third-order valence-electron chi connectivity index (χ3n) is 6.57. The van der Waals surface area contributed by atoms with Crippen LogP contribution in [0.15, 0.2) is 68.6 Å². The Bertz CT molecular complexity index is 1500. The maximum Gasteiger partial charge on any atom is 0.252 e. The molecule has 186 valence electrons. The van der Waals surface area contributed by atoms with E-state index in [4.69, 9.17) is 8.83 Å². The summed E-state index contributed by atoms with van der Waals surface area (Å²) in [5.74, 6) is 2.41. The van der Waals surface area contributed by atoms with Crippen LogP contribution in [0.3, 0.4) is 0 Å². The van der Waals surface area contributed by atoms with E-state index in [-0.39, 0.29) is 17.5 Å². The summed E-state index contributed by atoms with van der Waals surface area (Å²) in [4.78, 5) is 18.5. The number of furan rings is 2. The Balaban J connectivity index is 1.56. The van der Waals surface area contributed by atoms with E-state index in [0.29, 0.717) is 31.0 Å². The maximum atomic E-state index is 13.2. The first kappa shape index (κ1) is 23.7. The van der Waals surface area contributed by atoms with Gasteiger partial charge in [-0.2, -0.15) is 0 Å². The molecular weight excluding hydrogens is 456 g/mol. The predicted molar refractivity (Wildman–Crippen MR) is 135 cm³/mol. The predicted octanol–water partition coefficient (Wildman–Crippen LogP) is 4.77. The van der Waals surface area contributed by atoms with Crippen LogP contribution in [0.4, 0.5) is 0 Å². The molecular formula is C27H30N6O3. The summed E-state index contributed by atoms with van der Waals surface area (Å²) in [5.41, 5.74) is 3.62. The third kappa shape index (κ3) is 4.74. The topological polar surface area (TPSA) is 106 Å². The average molecular weight is 487 g/mol. The van der Waals surface area contributed by atoms with Gasteiger partial charge < -0.3 is 13.8 Å². The molecule has 0 spiro atoms. The first-order valence-corrected chi connectivity index (χ1v) is 12.1. The van der Waals surface area contributed by atoms with E-state index in [9.17, 15) is 4.79 Å². The number of aromatic amines is 1. The van der Waals surface area contributed by atoms with Crippen molar-refractivity contribution in [2.24, 2.45) is 5.92 Å². The number of nitrogens with zero attached hydrogens (tertiary/aromatic N) is 5. The lowest BCUT2D eigenvalue weighted by Crippen LogP contribution is -2.35. The molecule has 0 fully saturated rings. The van der Waals surface area contributed by atoms with Crippen molar-refractivity contribution >= 4 is 10.9 Å². The van der Waals surface area contributed by atoms with E-state index in [1.165, 1.54) is 0 Å². The van der Waals surface area contributed by atoms with Crippen molar-refractivity contribution in [3.63, 3.8) is 0 Å². The minimum atomic E-state index is -0.186. The van der Waals surface area contributed by atoms with Crippen LogP contribution in [-0.2, 0) is 19.6 Å². The van der Waals surface area contributed by atoms with Gasteiger partial charge >= 0.3 is 0 Å². The third-order valence-corrected chi connectivity index (χ3v) is 6.57. The molecule has 0 saturated carbocycles. The van der Waals surface area contributed by atoms with Crippen LogP contribution < -0.4 is 5.56 Å². The van der Waals surface area contributed by atoms with Gasteiger partial charge in [0.05, 0.1) is 30.6 Å². The van der Waals surface area contributed by atoms with Gasteiger partial charge in [-0.1, -0.05) is 26.0 Å². The lowest BCUT2D eigenvalue weighted by atomic mass is 9.99. The Morgan fingerprint density at radius 3 is 2.42 bits per heavy atom. The number of hydrogen-bond acceptors (Lipinski definition) is 7. The zero-order valence-corrected chi connectivity index (χ0v) is 20.9. The van der Waals surface area contributed by atoms with Crippen molar-refractivity contribution in [3.8, 4) is 0 Å². The van der Waals surface area contributed by atoms with Crippen molar-refractivity contribution in [2.75, 3.05) is 0 Å². The Morgan fingerprint density at radius 2 is 1.72 bits per heavy atom. The van der Waals surface area contributed by atoms with E-state index in [0.717, 1.165) is 33.6 Å². The molecule has 0 bridgehead atoms. The highest BCUT2D eigenvalue weighted by molar-refractivity contribution is 5.85. The van der Waals surface area contributed by atoms with Gasteiger partial charge in [0.1, 0.15) is 18.1 Å². The minimum absolute atomic E-state index is 0.0988. The van der Waals surface area contributed by atoms with E-state index in [2.05, 4.69) is 52.2 Å². The van der Waals surface area contributed by atoms with Gasteiger partial charge in [-0.25, -0.2) is 4.68 Å². The molecule has 0 aliphatic rings. The standard InChI is InChI=1S/C27H30N6O3/c1-17(2)25(26-29-30-31-33(26)16-22-8-6-12-36-22)32(15-21-7-5-11-35-21)14-20-13-23-18(3)9-10-19(4)24(23)28-27(20)34/h5-13,17,25H,14-16H2,1-4H3,(H,28,34). The van der Waals surface area contributed by atoms with E-state index in [1.807, 2.05) is 43.3 Å². The van der Waals surface area contributed by atoms with Crippen molar-refractivity contribution in [1.82, 2.24) is 30.1 Å². The monoisotopic (exact) mass is 486 g/mol. The molecule has 1 N–H and O–H groups in total. The van der Waals surface area contributed by atoms with Gasteiger partial charge in [0.15, 0.2) is 5.82 Å². The van der Waals surface area contributed by atoms with Crippen molar-refractivity contribution in [3.05, 3.63) is 99.4 Å². The number of fused-ring (bicyclic) bond motifs is 1. The van der Waals surface area contributed by atoms with Gasteiger partial charge in [0.25, 0.3) is 5.56 Å². The number of H-pyrrole nitrogens is 1. The number of tetrazole rings is 1. The second-order valence-corrected chi connectivity index (χ2v) is 9.56. The molecule has 5 rings (SSSR count). The smallest absolute Gasteiger partial charge is 0.252 e. The van der Waals surface area contributed by atoms with E-state index < -0.39 is 0 Å². The summed E-state index contributed by atoms with van der Waals surface area (Å²) in [6, 6.07) is 13.5. The summed E-state index contributed by atoms with van der Waals surface area (Å²) in [7, 11) is 0. The van der Waals surface area contributed by atoms with Crippen molar-refractivity contribution < 1.29 is 8.83 Å². The van der Waals surface area contributed by atoms with Crippen LogP contribution in [0.2, 0.25) is 0 Å². The number of nitrogens with one attached hydrogen (secondary N) is 1. The van der Waals surface area contributed by atoms with Crippen LogP contribution in [0, 0.1) is 19.8 Å². The lowest BCUT2D eigenvalue weighted by molar-refractivity contribution is 0.116. The molecule has 1 atom stereocenters. The maximum absolute atomic E-state index is 13.2. The fourth-order valence-electron chi connectivity index (χ4n) is 4.78. The number of hydrogen-bond donors (Lipinski definition) is 1. The van der Waals surface area contributed by atoms with Crippen LogP contribution >= 0.6 is 0 Å². The Labute approximate surface area is 208 Å². The molecule has 36 heavy (non-hydrogen) atoms. The Kier molecular flexibility index (Phi) is 6.56. The Morgan fingerprint density at radius 1 is 1.00 bits per heavy atom. The number of benzene rings is 1. The fraction of sp³-hybridized carbons (Fsp3) is 0.333. The van der Waals surface area contributed by atoms with Gasteiger partial charge in [0, 0.05) is 17.5 Å². The highest BCUT2D eigenvalue weighted by Crippen LogP contribution is 2.31. The van der Waals surface area contributed by atoms with Crippen molar-refractivity contribution in [2.45, 2.75) is 53.4 Å². The summed E-state index contributed by atoms with van der Waals surface area (Å²) < 4.78 is 13.0. The molecule has 1 aromatic carbocycles. The minimum Gasteiger partial charge on any atom is -0.468 e. The molecule has 5 aromatic rings. The molecule has 4 heterocycles. The molecule has 0 radical (unpaired) electrons. The van der Waals surface area contributed by atoms with E-state index >= 15 is 0 Å². The number of rotatable bonds is 9. The first-order valence-electron chi connectivity index (χ1n) is 12.1. The molecule has 1 unspecified atom stereocenters. The molecule has 0 aliphatic heterocycles. The summed E-state index contributed by atoms with van der Waals surface area (Å²) in [5, 5.41) is 13.7. The second kappa shape index (κ2) is 9.94. The van der Waals surface area contributed by atoms with Gasteiger partial charge in [-0.15, -0.1) is 5.10 Å². The Hall–Kier alpha value is -3.98. The zero-order valence-electron chi connectivity index (χ0n) is 20.9. The summed E-state index contributed by atoms with van der Waals surface area (Å²) >= 11 is 0. The fourth-order valence-corrected chi connectivity index (χ4v) is 4.78. The number of aromatic nitrogens is 5. The largest absolute Gasteiger partial charge is 0.468 e. The SMILES string of the molecule is Cc1ccc(C)c2[nH]c(=O)c(CN(Cc3ccco3)C(c3nnnn3Cc3ccco3)C(C)C)cc12. The first-order chi connectivity index (χ1) is 17.4. The highest BCUT2D eigenvalue weighted by Gasteiger charge is 2.31. The normalized spacial score (nSPS) is 12.7. The van der Waals surface area contributed by atoms with Crippen LogP contribution in [0.25, 0.3) is 10.9 Å². The quantitative estimate of drug-likeness (QED) is 0.320. The highest BCUT2D eigenvalue weighted by atomic mass is 16.3. The summed E-state index contributed by atoms with van der Waals surface area (Å²) in [6.45, 7) is 9.64. The number of aryl methyl sites for hydroxylation is 2. The number of pyridine rings is 1. The summed E-state index contributed by atoms with van der Waals surface area (Å²) in [6.07, 6.45) is 3.30. The van der Waals surface area contributed by atoms with Gasteiger partial charge in [0.2, 0.25) is 0 Å². The van der Waals surface area contributed by atoms with Crippen LogP contribution in [0.1, 0.15) is 53.9 Å². The zero-order chi connectivity index (χ0) is 25.2. The average Bonchev–Trinajstić information content (AvgIpc) is 3.62. The van der Waals surface area contributed by atoms with Gasteiger partial charge in [-0.3, -0.25) is 9.69 Å². The van der Waals surface area contributed by atoms with Crippen LogP contribution in [0.5, 0.6) is 0 Å². The molecule has 0 aliphatic carbocycles.